The Morgan fingerprint density at radius 3 is 1.26 bits per heavy atom. The number of hydrogen-bond donors (Lipinski definition) is 0. The molecule has 0 aliphatic carbocycles. The molecule has 1 rings (SSSR count). The molecule has 0 N–H and O–H groups in total. The van der Waals surface area contributed by atoms with E-state index in [9.17, 15) is 0 Å². The monoisotopic (exact) mass is 326 g/mol. The number of benzene rings is 1. The van der Waals surface area contributed by atoms with Crippen molar-refractivity contribution in [2.45, 2.75) is 94.9 Å². The van der Waals surface area contributed by atoms with Gasteiger partial charge in [-0.15, -0.1) is 0 Å². The zero-order chi connectivity index (χ0) is 19.1. The van der Waals surface area contributed by atoms with E-state index in [-0.39, 0.29) is 0 Å². The van der Waals surface area contributed by atoms with Crippen molar-refractivity contribution < 1.29 is 4.74 Å². The highest BCUT2D eigenvalue weighted by atomic mass is 16.5. The van der Waals surface area contributed by atoms with Crippen molar-refractivity contribution in [2.75, 3.05) is 7.11 Å². The van der Waals surface area contributed by atoms with Crippen molar-refractivity contribution in [1.29, 1.82) is 0 Å². The van der Waals surface area contributed by atoms with Crippen LogP contribution in [0.4, 0.5) is 0 Å². The normalized spacial score (nSPS) is 8.00. The lowest BCUT2D eigenvalue weighted by Gasteiger charge is -1.99. The predicted molar refractivity (Wildman–Crippen MR) is 111 cm³/mol. The molecule has 23 heavy (non-hydrogen) atoms. The highest BCUT2D eigenvalue weighted by Gasteiger charge is 1.89. The first-order chi connectivity index (χ1) is 11.0. The van der Waals surface area contributed by atoms with Crippen LogP contribution in [0.25, 0.3) is 0 Å². The predicted octanol–water partition coefficient (Wildman–Crippen LogP) is 8.17. The molecule has 0 aliphatic rings. The maximum atomic E-state index is 5.01. The van der Waals surface area contributed by atoms with Gasteiger partial charge in [0.25, 0.3) is 0 Å². The Kier molecular flexibility index (Phi) is 37.9. The average molecular weight is 327 g/mol. The third-order valence-corrected chi connectivity index (χ3v) is 2.38. The molecule has 0 heterocycles. The highest BCUT2D eigenvalue weighted by Crippen LogP contribution is 2.10. The summed E-state index contributed by atoms with van der Waals surface area (Å²) < 4.78 is 5.01. The summed E-state index contributed by atoms with van der Waals surface area (Å²) in [4.78, 5) is 0. The number of hydrogen-bond acceptors (Lipinski definition) is 1. The molecule has 0 unspecified atom stereocenters. The molecular formula is C22H46O. The quantitative estimate of drug-likeness (QED) is 0.544. The number of ether oxygens (including phenoxy) is 1. The molecule has 140 valence electrons. The maximum absolute atomic E-state index is 5.01. The second-order valence-electron chi connectivity index (χ2n) is 5.42. The van der Waals surface area contributed by atoms with Gasteiger partial charge in [0, 0.05) is 0 Å². The second-order valence-corrected chi connectivity index (χ2v) is 5.42. The summed E-state index contributed by atoms with van der Waals surface area (Å²) in [6.07, 6.45) is 4.89. The molecule has 1 aromatic rings. The highest BCUT2D eigenvalue weighted by molar-refractivity contribution is 5.26. The summed E-state index contributed by atoms with van der Waals surface area (Å²) in [6, 6.07) is 8.13. The molecule has 0 bridgehead atoms. The van der Waals surface area contributed by atoms with Crippen molar-refractivity contribution >= 4 is 0 Å². The van der Waals surface area contributed by atoms with Gasteiger partial charge in [-0.1, -0.05) is 101 Å². The van der Waals surface area contributed by atoms with E-state index in [1.54, 1.807) is 7.11 Å². The minimum absolute atomic E-state index is 0.884. The van der Waals surface area contributed by atoms with Gasteiger partial charge in [0.05, 0.1) is 7.11 Å². The topological polar surface area (TPSA) is 9.23 Å². The number of aryl methyl sites for hydroxylation is 1. The third-order valence-electron chi connectivity index (χ3n) is 2.38. The molecule has 1 heteroatoms. The first-order valence-corrected chi connectivity index (χ1v) is 9.59. The van der Waals surface area contributed by atoms with Crippen LogP contribution in [0.3, 0.4) is 0 Å². The van der Waals surface area contributed by atoms with Crippen LogP contribution in [0.15, 0.2) is 24.3 Å². The molecule has 0 saturated heterocycles. The lowest BCUT2D eigenvalue weighted by Crippen LogP contribution is -1.83. The molecule has 1 nitrogen and oxygen atoms in total. The maximum Gasteiger partial charge on any atom is 0.118 e. The van der Waals surface area contributed by atoms with E-state index in [1.165, 1.54) is 24.8 Å². The fourth-order valence-electron chi connectivity index (χ4n) is 0.861. The van der Waals surface area contributed by atoms with Crippen LogP contribution in [0.2, 0.25) is 0 Å². The van der Waals surface area contributed by atoms with E-state index in [0.717, 1.165) is 18.1 Å². The zero-order valence-electron chi connectivity index (χ0n) is 18.1. The summed E-state index contributed by atoms with van der Waals surface area (Å²) in [5.41, 5.74) is 1.35. The molecule has 0 saturated carbocycles. The van der Waals surface area contributed by atoms with E-state index in [0.29, 0.717) is 0 Å². The molecule has 0 radical (unpaired) electrons. The molecule has 0 spiro atoms. The lowest BCUT2D eigenvalue weighted by molar-refractivity contribution is 0.414. The zero-order valence-corrected chi connectivity index (χ0v) is 18.1. The Morgan fingerprint density at radius 2 is 1.09 bits per heavy atom. The van der Waals surface area contributed by atoms with Crippen molar-refractivity contribution in [2.24, 2.45) is 5.92 Å². The minimum Gasteiger partial charge on any atom is -0.497 e. The summed E-state index contributed by atoms with van der Waals surface area (Å²) in [5.74, 6) is 1.81. The molecule has 0 fully saturated rings. The van der Waals surface area contributed by atoms with Gasteiger partial charge in [0.15, 0.2) is 0 Å². The first-order valence-electron chi connectivity index (χ1n) is 9.59. The van der Waals surface area contributed by atoms with E-state index < -0.39 is 0 Å². The second kappa shape index (κ2) is 29.1. The fourth-order valence-corrected chi connectivity index (χ4v) is 0.861. The molecule has 0 aromatic heterocycles. The summed E-state index contributed by atoms with van der Waals surface area (Å²) in [6.45, 7) is 21.3. The fraction of sp³-hybridized carbons (Fsp3) is 0.727. The SMILES string of the molecule is CC.CCC.CCC.CCC(C)C.CCc1ccc(OC)cc1. The molecular weight excluding hydrogens is 280 g/mol. The van der Waals surface area contributed by atoms with Gasteiger partial charge in [-0.3, -0.25) is 0 Å². The van der Waals surface area contributed by atoms with Gasteiger partial charge >= 0.3 is 0 Å². The van der Waals surface area contributed by atoms with Crippen LogP contribution in [-0.4, -0.2) is 7.11 Å². The van der Waals surface area contributed by atoms with Crippen molar-refractivity contribution in [3.63, 3.8) is 0 Å². The van der Waals surface area contributed by atoms with E-state index >= 15 is 0 Å². The minimum atomic E-state index is 0.884. The Bertz CT molecular complexity index is 237. The molecule has 0 amide bonds. The molecule has 0 atom stereocenters. The summed E-state index contributed by atoms with van der Waals surface area (Å²) in [5, 5.41) is 0. The first kappa shape index (κ1) is 30.0. The van der Waals surface area contributed by atoms with Gasteiger partial charge in [-0.05, 0) is 30.0 Å². The van der Waals surface area contributed by atoms with Crippen LogP contribution >= 0.6 is 0 Å². The Hall–Kier alpha value is -0.980. The lowest BCUT2D eigenvalue weighted by atomic mass is 10.2. The standard InChI is InChI=1S/C9H12O.C5H12.2C3H8.C2H6/c1-3-8-4-6-9(10-2)7-5-8;1-4-5(2)3;2*1-3-2;1-2/h4-7H,3H2,1-2H3;5H,4H2,1-3H3;2*3H2,1-2H3;1-2H3. The van der Waals surface area contributed by atoms with E-state index in [4.69, 9.17) is 4.74 Å². The molecule has 0 aliphatic heterocycles. The summed E-state index contributed by atoms with van der Waals surface area (Å²) in [7, 11) is 1.68. The Morgan fingerprint density at radius 1 is 0.783 bits per heavy atom. The van der Waals surface area contributed by atoms with Crippen LogP contribution < -0.4 is 4.74 Å². The van der Waals surface area contributed by atoms with Crippen LogP contribution in [-0.2, 0) is 6.42 Å². The van der Waals surface area contributed by atoms with E-state index in [1.807, 2.05) is 26.0 Å². The number of rotatable bonds is 3. The third kappa shape index (κ3) is 33.7. The number of methoxy groups -OCH3 is 1. The van der Waals surface area contributed by atoms with Gasteiger partial charge in [0.1, 0.15) is 5.75 Å². The van der Waals surface area contributed by atoms with Crippen molar-refractivity contribution in [1.82, 2.24) is 0 Å². The van der Waals surface area contributed by atoms with Gasteiger partial charge in [-0.2, -0.15) is 0 Å². The van der Waals surface area contributed by atoms with Gasteiger partial charge in [0.2, 0.25) is 0 Å². The Balaban J connectivity index is -0.000000118. The average Bonchev–Trinajstić information content (AvgIpc) is 2.58. The smallest absolute Gasteiger partial charge is 0.118 e. The van der Waals surface area contributed by atoms with Crippen LogP contribution in [0, 0.1) is 5.92 Å². The van der Waals surface area contributed by atoms with Crippen LogP contribution in [0.5, 0.6) is 5.75 Å². The Labute approximate surface area is 148 Å². The van der Waals surface area contributed by atoms with Gasteiger partial charge < -0.3 is 4.74 Å². The largest absolute Gasteiger partial charge is 0.497 e. The van der Waals surface area contributed by atoms with Gasteiger partial charge in [-0.25, -0.2) is 0 Å². The van der Waals surface area contributed by atoms with Crippen molar-refractivity contribution in [3.8, 4) is 5.75 Å². The summed E-state index contributed by atoms with van der Waals surface area (Å²) >= 11 is 0. The van der Waals surface area contributed by atoms with E-state index in [2.05, 4.69) is 67.5 Å². The van der Waals surface area contributed by atoms with Crippen molar-refractivity contribution in [3.05, 3.63) is 29.8 Å². The molecule has 1 aromatic carbocycles. The van der Waals surface area contributed by atoms with Crippen LogP contribution in [0.1, 0.15) is 94.1 Å².